The van der Waals surface area contributed by atoms with Crippen molar-refractivity contribution in [3.63, 3.8) is 0 Å². The van der Waals surface area contributed by atoms with Gasteiger partial charge >= 0.3 is 0 Å². The average Bonchev–Trinajstić information content (AvgIpc) is 3.22. The Balaban J connectivity index is 2.26. The predicted octanol–water partition coefficient (Wildman–Crippen LogP) is 4.00. The summed E-state index contributed by atoms with van der Waals surface area (Å²) in [5, 5.41) is 13.7. The van der Waals surface area contributed by atoms with Crippen molar-refractivity contribution in [1.82, 2.24) is 9.61 Å². The van der Waals surface area contributed by atoms with Crippen molar-refractivity contribution in [2.75, 3.05) is 11.7 Å². The van der Waals surface area contributed by atoms with Crippen LogP contribution in [0.2, 0.25) is 0 Å². The van der Waals surface area contributed by atoms with E-state index in [1.807, 2.05) is 13.0 Å². The topological polar surface area (TPSA) is 99.8 Å². The van der Waals surface area contributed by atoms with E-state index < -0.39 is 16.9 Å². The fourth-order valence-electron chi connectivity index (χ4n) is 3.29. The lowest BCUT2D eigenvalue weighted by Crippen LogP contribution is -2.41. The maximum atomic E-state index is 13.6. The molecule has 1 N–H and O–H groups in total. The summed E-state index contributed by atoms with van der Waals surface area (Å²) in [5.74, 6) is 0.365. The van der Waals surface area contributed by atoms with Gasteiger partial charge in [0.05, 0.1) is 17.7 Å². The lowest BCUT2D eigenvalue weighted by atomic mass is 10.1. The Morgan fingerprint density at radius 3 is 2.53 bits per heavy atom. The maximum absolute atomic E-state index is 13.6. The molecule has 0 spiro atoms. The third kappa shape index (κ3) is 4.43. The molecule has 0 aliphatic rings. The first-order chi connectivity index (χ1) is 15.2. The van der Waals surface area contributed by atoms with Crippen LogP contribution < -0.4 is 15.2 Å². The van der Waals surface area contributed by atoms with Gasteiger partial charge in [-0.05, 0) is 64.4 Å². The third-order valence-electron chi connectivity index (χ3n) is 4.54. The first kappa shape index (κ1) is 22.8. The number of aromatic amines is 1. The molecule has 0 atom stereocenters. The lowest BCUT2D eigenvalue weighted by molar-refractivity contribution is -0.0173. The summed E-state index contributed by atoms with van der Waals surface area (Å²) in [6, 6.07) is 10.3. The van der Waals surface area contributed by atoms with Crippen LogP contribution in [0.15, 0.2) is 54.0 Å². The largest absolute Gasteiger partial charge is 0.494 e. The highest BCUT2D eigenvalue weighted by atomic mass is 16.7. The molecule has 1 amide bonds. The van der Waals surface area contributed by atoms with E-state index in [0.717, 1.165) is 5.06 Å². The van der Waals surface area contributed by atoms with E-state index in [9.17, 15) is 14.9 Å². The Labute approximate surface area is 186 Å². The number of H-pyrrole nitrogens is 1. The minimum atomic E-state index is -0.761. The van der Waals surface area contributed by atoms with Crippen molar-refractivity contribution in [3.05, 3.63) is 76.1 Å². The van der Waals surface area contributed by atoms with Crippen LogP contribution in [0.3, 0.4) is 0 Å². The molecule has 1 aromatic carbocycles. The zero-order chi connectivity index (χ0) is 23.5. The fraction of sp³-hybridized carbons (Fsp3) is 0.292. The zero-order valence-electron chi connectivity index (χ0n) is 18.6. The molecule has 32 heavy (non-hydrogen) atoms. The second-order valence-electron chi connectivity index (χ2n) is 8.05. The molecular weight excluding hydrogens is 408 g/mol. The van der Waals surface area contributed by atoms with Crippen molar-refractivity contribution in [1.29, 1.82) is 5.26 Å². The molecule has 0 saturated carbocycles. The van der Waals surface area contributed by atoms with Gasteiger partial charge in [0.25, 0.3) is 5.91 Å². The van der Waals surface area contributed by atoms with E-state index in [1.165, 1.54) is 4.52 Å². The molecule has 2 aromatic heterocycles. The van der Waals surface area contributed by atoms with Crippen LogP contribution in [-0.2, 0) is 11.3 Å². The van der Waals surface area contributed by atoms with Crippen LogP contribution in [0.1, 0.15) is 49.2 Å². The first-order valence-corrected chi connectivity index (χ1v) is 10.2. The molecule has 8 nitrogen and oxygen atoms in total. The van der Waals surface area contributed by atoms with E-state index in [2.05, 4.69) is 11.7 Å². The average molecular weight is 434 g/mol. The maximum Gasteiger partial charge on any atom is 0.283 e. The number of pyridine rings is 1. The number of anilines is 1. The number of allylic oxidation sites excluding steroid dienone is 1. The van der Waals surface area contributed by atoms with Gasteiger partial charge in [0, 0.05) is 17.3 Å². The fourth-order valence-corrected chi connectivity index (χ4v) is 3.29. The van der Waals surface area contributed by atoms with Gasteiger partial charge in [0.1, 0.15) is 17.4 Å². The number of benzene rings is 1. The molecule has 8 heteroatoms. The van der Waals surface area contributed by atoms with Crippen LogP contribution in [0, 0.1) is 11.3 Å². The second kappa shape index (κ2) is 9.12. The molecule has 0 saturated heterocycles. The number of fused-ring (bicyclic) bond motifs is 1. The number of amides is 1. The quantitative estimate of drug-likeness (QED) is 0.447. The van der Waals surface area contributed by atoms with Crippen LogP contribution in [0.25, 0.3) is 5.52 Å². The molecule has 0 bridgehead atoms. The molecule has 0 radical (unpaired) electrons. The third-order valence-corrected chi connectivity index (χ3v) is 4.54. The number of rotatable bonds is 7. The van der Waals surface area contributed by atoms with Crippen molar-refractivity contribution < 1.29 is 14.4 Å². The molecule has 0 unspecified atom stereocenters. The minimum absolute atomic E-state index is 0.0175. The summed E-state index contributed by atoms with van der Waals surface area (Å²) >= 11 is 0. The van der Waals surface area contributed by atoms with Crippen molar-refractivity contribution in [3.8, 4) is 11.8 Å². The molecular formula is C24H26N4O4. The Morgan fingerprint density at radius 2 is 1.97 bits per heavy atom. The smallest absolute Gasteiger partial charge is 0.283 e. The van der Waals surface area contributed by atoms with Crippen molar-refractivity contribution >= 4 is 17.2 Å². The number of nitrogens with zero attached hydrogens (tertiary/aromatic N) is 3. The SMILES string of the molecule is C=CCc1c(N(OC(C)(C)C)C(=O)c2ccc(OCC)cc2)n2[nH]ccc2c(C#N)c1=O. The highest BCUT2D eigenvalue weighted by Crippen LogP contribution is 2.28. The van der Waals surface area contributed by atoms with Gasteiger partial charge in [-0.3, -0.25) is 19.5 Å². The van der Waals surface area contributed by atoms with E-state index in [-0.39, 0.29) is 23.4 Å². The summed E-state index contributed by atoms with van der Waals surface area (Å²) in [6.45, 7) is 11.5. The Kier molecular flexibility index (Phi) is 6.51. The Hall–Kier alpha value is -3.83. The second-order valence-corrected chi connectivity index (χ2v) is 8.05. The highest BCUT2D eigenvalue weighted by molar-refractivity contribution is 6.05. The van der Waals surface area contributed by atoms with Gasteiger partial charge in [-0.2, -0.15) is 10.3 Å². The molecule has 166 valence electrons. The molecule has 3 rings (SSSR count). The molecule has 0 aliphatic carbocycles. The summed E-state index contributed by atoms with van der Waals surface area (Å²) < 4.78 is 6.97. The highest BCUT2D eigenvalue weighted by Gasteiger charge is 2.31. The molecule has 3 aromatic rings. The van der Waals surface area contributed by atoms with Crippen LogP contribution in [-0.4, -0.2) is 27.7 Å². The number of carbonyl (C=O) groups is 1. The van der Waals surface area contributed by atoms with Crippen LogP contribution in [0.5, 0.6) is 5.75 Å². The lowest BCUT2D eigenvalue weighted by Gasteiger charge is -2.31. The van der Waals surface area contributed by atoms with Crippen LogP contribution in [0.4, 0.5) is 5.82 Å². The molecule has 0 fully saturated rings. The normalized spacial score (nSPS) is 11.2. The van der Waals surface area contributed by atoms with Crippen LogP contribution >= 0.6 is 0 Å². The van der Waals surface area contributed by atoms with Crippen molar-refractivity contribution in [2.24, 2.45) is 0 Å². The number of aromatic nitrogens is 2. The zero-order valence-corrected chi connectivity index (χ0v) is 18.6. The van der Waals surface area contributed by atoms with Gasteiger partial charge in [-0.1, -0.05) is 6.08 Å². The van der Waals surface area contributed by atoms with Crippen molar-refractivity contribution in [2.45, 2.75) is 39.7 Å². The van der Waals surface area contributed by atoms with Gasteiger partial charge in [0.2, 0.25) is 5.43 Å². The predicted molar refractivity (Wildman–Crippen MR) is 122 cm³/mol. The minimum Gasteiger partial charge on any atom is -0.494 e. The van der Waals surface area contributed by atoms with Gasteiger partial charge in [-0.15, -0.1) is 6.58 Å². The number of ether oxygens (including phenoxy) is 1. The number of nitrogens with one attached hydrogen (secondary N) is 1. The van der Waals surface area contributed by atoms with Gasteiger partial charge < -0.3 is 4.74 Å². The standard InChI is InChI=1S/C24H26N4O4/c1-6-8-18-21(29)19(15-25)20-13-14-26-27(20)22(18)28(32-24(3,4)5)23(30)16-9-11-17(12-10-16)31-7-2/h6,9-14,26H,1,7-8H2,2-5H3. The van der Waals surface area contributed by atoms with Gasteiger partial charge in [-0.25, -0.2) is 4.52 Å². The summed E-state index contributed by atoms with van der Waals surface area (Å²) in [7, 11) is 0. The molecule has 2 heterocycles. The van der Waals surface area contributed by atoms with E-state index in [4.69, 9.17) is 9.57 Å². The summed E-state index contributed by atoms with van der Waals surface area (Å²) in [4.78, 5) is 32.8. The number of nitriles is 1. The first-order valence-electron chi connectivity index (χ1n) is 10.2. The number of hydroxylamine groups is 1. The van der Waals surface area contributed by atoms with E-state index >= 15 is 0 Å². The monoisotopic (exact) mass is 434 g/mol. The van der Waals surface area contributed by atoms with Gasteiger partial charge in [0.15, 0.2) is 5.82 Å². The Bertz CT molecular complexity index is 1240. The number of hydrogen-bond donors (Lipinski definition) is 1. The molecule has 0 aliphatic heterocycles. The number of carbonyl (C=O) groups excluding carboxylic acids is 1. The number of hydrogen-bond acceptors (Lipinski definition) is 5. The Morgan fingerprint density at radius 1 is 1.28 bits per heavy atom. The summed E-state index contributed by atoms with van der Waals surface area (Å²) in [6.07, 6.45) is 3.28. The van der Waals surface area contributed by atoms with E-state index in [1.54, 1.807) is 63.4 Å². The van der Waals surface area contributed by atoms with E-state index in [0.29, 0.717) is 23.4 Å². The summed E-state index contributed by atoms with van der Waals surface area (Å²) in [5.41, 5.74) is -0.329.